The molecular weight excluding hydrogens is 924 g/mol. The maximum Gasteiger partial charge on any atom is 0.261 e. The first-order valence-electron chi connectivity index (χ1n) is 24.5. The van der Waals surface area contributed by atoms with E-state index in [4.69, 9.17) is 38.5 Å². The molecule has 2 unspecified atom stereocenters. The van der Waals surface area contributed by atoms with E-state index in [0.717, 1.165) is 56.3 Å². The molecule has 3 atom stereocenters. The van der Waals surface area contributed by atoms with Gasteiger partial charge in [0.25, 0.3) is 14.1 Å². The first-order valence-corrected chi connectivity index (χ1v) is 25.6. The predicted octanol–water partition coefficient (Wildman–Crippen LogP) is 11.3. The Balaban J connectivity index is 0.000000222. The Morgan fingerprint density at radius 3 is 1.86 bits per heavy atom. The third kappa shape index (κ3) is 11.6. The van der Waals surface area contributed by atoms with Crippen molar-refractivity contribution in [3.8, 4) is 23.4 Å². The Kier molecular flexibility index (Phi) is 18.0. The van der Waals surface area contributed by atoms with Gasteiger partial charge in [-0.15, -0.1) is 0 Å². The number of pyridine rings is 1. The molecule has 72 heavy (non-hydrogen) atoms. The van der Waals surface area contributed by atoms with E-state index >= 15 is 0 Å². The average Bonchev–Trinajstić information content (AvgIpc) is 3.84. The van der Waals surface area contributed by atoms with Crippen LogP contribution in [0.3, 0.4) is 0 Å². The van der Waals surface area contributed by atoms with E-state index in [9.17, 15) is 9.90 Å². The third-order valence-corrected chi connectivity index (χ3v) is 15.1. The van der Waals surface area contributed by atoms with E-state index in [1.807, 2.05) is 123 Å². The van der Waals surface area contributed by atoms with Crippen LogP contribution in [0.2, 0.25) is 0 Å². The van der Waals surface area contributed by atoms with Gasteiger partial charge in [0.05, 0.1) is 57.1 Å². The fourth-order valence-electron chi connectivity index (χ4n) is 8.89. The van der Waals surface area contributed by atoms with Gasteiger partial charge in [-0.25, -0.2) is 14.7 Å². The normalized spacial score (nSPS) is 13.7. The monoisotopic (exact) mass is 990 g/mol. The first-order chi connectivity index (χ1) is 34.8. The molecule has 7 aromatic rings. The van der Waals surface area contributed by atoms with Gasteiger partial charge < -0.3 is 33.3 Å². The first kappa shape index (κ1) is 53.3. The third-order valence-electron chi connectivity index (χ3n) is 12.9. The molecule has 1 N–H and O–H groups in total. The Morgan fingerprint density at radius 1 is 0.750 bits per heavy atom. The van der Waals surface area contributed by atoms with Gasteiger partial charge in [-0.2, -0.15) is 5.26 Å². The number of methoxy groups -OCH3 is 2. The van der Waals surface area contributed by atoms with Crippen molar-refractivity contribution in [3.05, 3.63) is 171 Å². The highest BCUT2D eigenvalue weighted by Crippen LogP contribution is 2.48. The molecule has 0 aliphatic carbocycles. The van der Waals surface area contributed by atoms with Gasteiger partial charge in [0, 0.05) is 51.8 Å². The Morgan fingerprint density at radius 2 is 1.32 bits per heavy atom. The van der Waals surface area contributed by atoms with Crippen molar-refractivity contribution in [1.29, 1.82) is 5.26 Å². The lowest BCUT2D eigenvalue weighted by Crippen LogP contribution is -2.38. The van der Waals surface area contributed by atoms with Gasteiger partial charge in [0.2, 0.25) is 5.88 Å². The number of aromatic nitrogens is 1. The van der Waals surface area contributed by atoms with Gasteiger partial charge >= 0.3 is 0 Å². The summed E-state index contributed by atoms with van der Waals surface area (Å²) in [5, 5.41) is 23.7. The molecule has 1 aliphatic rings. The highest BCUT2D eigenvalue weighted by atomic mass is 31.2. The van der Waals surface area contributed by atoms with Crippen molar-refractivity contribution < 1.29 is 28.4 Å². The molecule has 13 nitrogen and oxygen atoms in total. The molecule has 1 aliphatic heterocycles. The number of benzene rings is 6. The van der Waals surface area contributed by atoms with Crippen LogP contribution in [0, 0.1) is 11.3 Å². The fourth-order valence-corrected chi connectivity index (χ4v) is 10.7. The lowest BCUT2D eigenvalue weighted by Gasteiger charge is -2.39. The minimum Gasteiger partial charge on any atom is -0.497 e. The van der Waals surface area contributed by atoms with Crippen LogP contribution in [0.5, 0.6) is 17.4 Å². The summed E-state index contributed by atoms with van der Waals surface area (Å²) in [6.07, 6.45) is 0.782. The van der Waals surface area contributed by atoms with Crippen LogP contribution in [0.1, 0.15) is 76.6 Å². The molecule has 376 valence electrons. The fraction of sp³-hybridized carbons (Fsp3) is 0.345. The highest BCUT2D eigenvalue weighted by molar-refractivity contribution is 7.44. The van der Waals surface area contributed by atoms with Crippen LogP contribution in [-0.2, 0) is 25.9 Å². The lowest BCUT2D eigenvalue weighted by atomic mass is 9.80. The highest BCUT2D eigenvalue weighted by Gasteiger charge is 2.39. The SMILES string of the molecule is CCC(COC(c1ccccc1)(c1ccc(OC)cc1)c1ccc(OC)cc1)OP(OCCC#N)N(C(C)C)C(C)C.C[C@@H](Cn1c(O)c2cc3c(c4cccc(c1=O)c24)=NC(c1ccccc1)=N3)N(C)C. The van der Waals surface area contributed by atoms with E-state index in [2.05, 4.69) is 81.8 Å². The Bertz CT molecular complexity index is 3030. The molecule has 0 amide bonds. The van der Waals surface area contributed by atoms with Crippen molar-refractivity contribution in [2.45, 2.75) is 90.8 Å². The smallest absolute Gasteiger partial charge is 0.261 e. The molecule has 6 aromatic carbocycles. The maximum atomic E-state index is 13.2. The van der Waals surface area contributed by atoms with Crippen molar-refractivity contribution in [3.63, 3.8) is 0 Å². The van der Waals surface area contributed by atoms with Gasteiger partial charge in [-0.3, -0.25) is 9.36 Å². The van der Waals surface area contributed by atoms with Gasteiger partial charge in [-0.1, -0.05) is 104 Å². The molecule has 0 spiro atoms. The van der Waals surface area contributed by atoms with E-state index in [0.29, 0.717) is 48.5 Å². The maximum absolute atomic E-state index is 13.2. The molecule has 0 saturated heterocycles. The average molecular weight is 991 g/mol. The van der Waals surface area contributed by atoms with Crippen molar-refractivity contribution in [2.75, 3.05) is 41.5 Å². The number of hydrogen-bond acceptors (Lipinski definition) is 12. The van der Waals surface area contributed by atoms with E-state index in [1.54, 1.807) is 14.2 Å². The zero-order chi connectivity index (χ0) is 51.5. The van der Waals surface area contributed by atoms with Crippen LogP contribution in [0.4, 0.5) is 5.69 Å². The number of aliphatic imine (C=N–C) groups is 1. The summed E-state index contributed by atoms with van der Waals surface area (Å²) < 4.78 is 34.6. The number of amidine groups is 1. The molecule has 14 heteroatoms. The minimum absolute atomic E-state index is 0.0245. The Labute approximate surface area is 424 Å². The second-order valence-corrected chi connectivity index (χ2v) is 19.9. The van der Waals surface area contributed by atoms with Crippen LogP contribution in [0.25, 0.3) is 21.5 Å². The second kappa shape index (κ2) is 24.3. The number of hydrogen-bond donors (Lipinski definition) is 1. The zero-order valence-corrected chi connectivity index (χ0v) is 44.0. The van der Waals surface area contributed by atoms with Crippen LogP contribution < -0.4 is 20.4 Å². The number of fused-ring (bicyclic) bond motifs is 2. The topological polar surface area (TPSA) is 143 Å². The summed E-state index contributed by atoms with van der Waals surface area (Å²) in [4.78, 5) is 24.7. The van der Waals surface area contributed by atoms with E-state index < -0.39 is 14.1 Å². The molecule has 0 bridgehead atoms. The van der Waals surface area contributed by atoms with Crippen molar-refractivity contribution in [1.82, 2.24) is 14.1 Å². The summed E-state index contributed by atoms with van der Waals surface area (Å²) in [5.74, 6) is 2.15. The second-order valence-electron chi connectivity index (χ2n) is 18.5. The lowest BCUT2D eigenvalue weighted by molar-refractivity contribution is -0.0350. The van der Waals surface area contributed by atoms with Crippen LogP contribution in [0.15, 0.2) is 148 Å². The van der Waals surface area contributed by atoms with Crippen molar-refractivity contribution >= 4 is 41.6 Å². The largest absolute Gasteiger partial charge is 0.497 e. The molecule has 8 rings (SSSR count). The number of rotatable bonds is 21. The van der Waals surface area contributed by atoms with Crippen LogP contribution in [-0.4, -0.2) is 90.8 Å². The molecule has 0 saturated carbocycles. The van der Waals surface area contributed by atoms with Crippen LogP contribution >= 0.6 is 8.53 Å². The molecule has 2 heterocycles. The standard InChI is InChI=1S/C34H45N2O5P.C24H22N4O2/c1-8-31(41-42(40-24-12-23-35)36(26(2)3)27(4)5)25-39-34(28-13-10-9-11-14-28,29-15-19-32(37-6)20-16-29)30-17-21-33(38-7)22-18-30;1-14(27(2)3)13-28-23(29)17-11-7-10-16-20(17)18(24(28)30)12-19-21(16)26-22(25-19)15-8-5-4-6-9-15/h9-11,13-22,26-27,31H,8,12,24-25H2,1-7H3;4-12,14,30H,13H2,1-3H3/t;14-/m.0/s1. The number of nitrogens with zero attached hydrogens (tertiary/aromatic N) is 6. The molecule has 0 radical (unpaired) electrons. The summed E-state index contributed by atoms with van der Waals surface area (Å²) in [6, 6.07) is 46.2. The molecule has 1 aromatic heterocycles. The number of ether oxygens (including phenoxy) is 3. The summed E-state index contributed by atoms with van der Waals surface area (Å²) in [6.45, 7) is 13.7. The summed E-state index contributed by atoms with van der Waals surface area (Å²) in [7, 11) is 5.83. The number of nitriles is 1. The number of aromatic hydroxyl groups is 1. The zero-order valence-electron chi connectivity index (χ0n) is 43.1. The minimum atomic E-state index is -1.41. The van der Waals surface area contributed by atoms with Gasteiger partial charge in [0.1, 0.15) is 17.1 Å². The number of likely N-dealkylation sites (N-methyl/N-ethyl adjacent to an activating group) is 1. The van der Waals surface area contributed by atoms with E-state index in [-0.39, 0.29) is 35.7 Å². The summed E-state index contributed by atoms with van der Waals surface area (Å²) >= 11 is 0. The van der Waals surface area contributed by atoms with E-state index in [1.165, 1.54) is 4.57 Å². The summed E-state index contributed by atoms with van der Waals surface area (Å²) in [5.41, 5.74) is 3.43. The van der Waals surface area contributed by atoms with Gasteiger partial charge in [0.15, 0.2) is 5.84 Å². The van der Waals surface area contributed by atoms with Crippen molar-refractivity contribution in [2.24, 2.45) is 9.98 Å². The molecule has 0 fully saturated rings. The van der Waals surface area contributed by atoms with Gasteiger partial charge in [-0.05, 0) is 108 Å². The predicted molar refractivity (Wildman–Crippen MR) is 289 cm³/mol. The quantitative estimate of drug-likeness (QED) is 0.0420. The molecular formula is C58H67N6O7P. The Hall–Kier alpha value is -6.49.